The van der Waals surface area contributed by atoms with E-state index in [-0.39, 0.29) is 12.1 Å². The van der Waals surface area contributed by atoms with Gasteiger partial charge in [0.2, 0.25) is 0 Å². The Morgan fingerprint density at radius 3 is 2.80 bits per heavy atom. The van der Waals surface area contributed by atoms with E-state index >= 15 is 0 Å². The van der Waals surface area contributed by atoms with Gasteiger partial charge in [0.25, 0.3) is 0 Å². The second-order valence-electron chi connectivity index (χ2n) is 5.29. The van der Waals surface area contributed by atoms with Crippen molar-refractivity contribution in [2.75, 3.05) is 37.9 Å². The summed E-state index contributed by atoms with van der Waals surface area (Å²) in [6.07, 6.45) is 2.83. The second-order valence-corrected chi connectivity index (χ2v) is 5.29. The van der Waals surface area contributed by atoms with E-state index in [9.17, 15) is 4.39 Å². The van der Waals surface area contributed by atoms with E-state index in [1.807, 2.05) is 0 Å². The number of nitrogens with two attached hydrogens (primary N) is 1. The number of nitrogens with zero attached hydrogens (tertiary/aromatic N) is 1. The molecule has 2 N–H and O–H groups in total. The minimum atomic E-state index is -0.239. The molecule has 0 radical (unpaired) electrons. The van der Waals surface area contributed by atoms with Crippen LogP contribution in [0.5, 0.6) is 0 Å². The maximum atomic E-state index is 13.9. The van der Waals surface area contributed by atoms with Gasteiger partial charge in [-0.25, -0.2) is 4.39 Å². The zero-order valence-corrected chi connectivity index (χ0v) is 12.1. The predicted octanol–water partition coefficient (Wildman–Crippen LogP) is 2.63. The van der Waals surface area contributed by atoms with Crippen molar-refractivity contribution in [1.82, 2.24) is 0 Å². The van der Waals surface area contributed by atoms with Crippen LogP contribution < -0.4 is 10.6 Å². The number of ether oxygens (including phenoxy) is 2. The number of anilines is 2. The maximum absolute atomic E-state index is 13.9. The first-order chi connectivity index (χ1) is 9.63. The molecule has 1 aliphatic rings. The number of hydrogen-bond donors (Lipinski definition) is 1. The molecule has 112 valence electrons. The van der Waals surface area contributed by atoms with Gasteiger partial charge >= 0.3 is 0 Å². The van der Waals surface area contributed by atoms with Gasteiger partial charge in [0, 0.05) is 33.0 Å². The Labute approximate surface area is 119 Å². The summed E-state index contributed by atoms with van der Waals surface area (Å²) in [7, 11) is 3.30. The highest BCUT2D eigenvalue weighted by molar-refractivity contribution is 5.55. The van der Waals surface area contributed by atoms with Crippen molar-refractivity contribution in [1.29, 1.82) is 0 Å². The normalized spacial score (nSPS) is 19.0. The van der Waals surface area contributed by atoms with E-state index < -0.39 is 0 Å². The summed E-state index contributed by atoms with van der Waals surface area (Å²) in [5.74, 6) is 0.317. The second kappa shape index (κ2) is 6.90. The lowest BCUT2D eigenvalue weighted by Crippen LogP contribution is -2.21. The summed E-state index contributed by atoms with van der Waals surface area (Å²) in [5.41, 5.74) is 6.69. The van der Waals surface area contributed by atoms with Crippen LogP contribution in [0.25, 0.3) is 0 Å². The Kier molecular flexibility index (Phi) is 5.20. The highest BCUT2D eigenvalue weighted by atomic mass is 19.1. The monoisotopic (exact) mass is 282 g/mol. The zero-order valence-electron chi connectivity index (χ0n) is 12.1. The predicted molar refractivity (Wildman–Crippen MR) is 78.2 cm³/mol. The molecule has 1 aromatic rings. The Balaban J connectivity index is 1.88. The third-order valence-corrected chi connectivity index (χ3v) is 3.93. The van der Waals surface area contributed by atoms with Crippen LogP contribution in [0.15, 0.2) is 18.2 Å². The molecule has 2 rings (SSSR count). The molecule has 1 atom stereocenters. The van der Waals surface area contributed by atoms with E-state index in [1.165, 1.54) is 6.07 Å². The smallest absolute Gasteiger partial charge is 0.156 e. The number of benzene rings is 1. The SMILES string of the molecule is COC(CCC1CCN(c2ccc(N)cc2F)C1)OC. The Morgan fingerprint density at radius 1 is 1.40 bits per heavy atom. The van der Waals surface area contributed by atoms with Gasteiger partial charge in [-0.05, 0) is 43.4 Å². The summed E-state index contributed by atoms with van der Waals surface area (Å²) in [5, 5.41) is 0. The quantitative estimate of drug-likeness (QED) is 0.643. The van der Waals surface area contributed by atoms with Crippen molar-refractivity contribution < 1.29 is 13.9 Å². The van der Waals surface area contributed by atoms with Gasteiger partial charge in [-0.15, -0.1) is 0 Å². The Morgan fingerprint density at radius 2 is 2.15 bits per heavy atom. The highest BCUT2D eigenvalue weighted by Crippen LogP contribution is 2.29. The van der Waals surface area contributed by atoms with Crippen molar-refractivity contribution in [2.24, 2.45) is 5.92 Å². The van der Waals surface area contributed by atoms with Gasteiger partial charge < -0.3 is 20.1 Å². The summed E-state index contributed by atoms with van der Waals surface area (Å²) >= 11 is 0. The molecule has 1 aromatic carbocycles. The average molecular weight is 282 g/mol. The minimum Gasteiger partial charge on any atom is -0.399 e. The fourth-order valence-corrected chi connectivity index (χ4v) is 2.77. The molecule has 1 fully saturated rings. The van der Waals surface area contributed by atoms with E-state index in [1.54, 1.807) is 26.4 Å². The zero-order chi connectivity index (χ0) is 14.5. The van der Waals surface area contributed by atoms with Gasteiger partial charge in [0.15, 0.2) is 6.29 Å². The summed E-state index contributed by atoms with van der Waals surface area (Å²) in [6, 6.07) is 4.90. The highest BCUT2D eigenvalue weighted by Gasteiger charge is 2.25. The lowest BCUT2D eigenvalue weighted by molar-refractivity contribution is -0.108. The first kappa shape index (κ1) is 15.1. The molecule has 0 saturated carbocycles. The van der Waals surface area contributed by atoms with Gasteiger partial charge in [-0.2, -0.15) is 0 Å². The topological polar surface area (TPSA) is 47.7 Å². The standard InChI is InChI=1S/C15H23FN2O2/c1-19-15(20-2)6-3-11-7-8-18(10-11)14-5-4-12(17)9-13(14)16/h4-5,9,11,15H,3,6-8,10,17H2,1-2H3. The van der Waals surface area contributed by atoms with Crippen molar-refractivity contribution in [2.45, 2.75) is 25.6 Å². The first-order valence-corrected chi connectivity index (χ1v) is 6.99. The lowest BCUT2D eigenvalue weighted by Gasteiger charge is -2.20. The third kappa shape index (κ3) is 3.61. The Hall–Kier alpha value is -1.33. The molecule has 0 aromatic heterocycles. The number of halogens is 1. The fourth-order valence-electron chi connectivity index (χ4n) is 2.77. The van der Waals surface area contributed by atoms with Crippen molar-refractivity contribution >= 4 is 11.4 Å². The number of hydrogen-bond acceptors (Lipinski definition) is 4. The van der Waals surface area contributed by atoms with E-state index in [0.29, 0.717) is 17.3 Å². The fraction of sp³-hybridized carbons (Fsp3) is 0.600. The van der Waals surface area contributed by atoms with E-state index in [4.69, 9.17) is 15.2 Å². The van der Waals surface area contributed by atoms with E-state index in [2.05, 4.69) is 4.90 Å². The summed E-state index contributed by atoms with van der Waals surface area (Å²) in [6.45, 7) is 1.76. The molecule has 0 amide bonds. The first-order valence-electron chi connectivity index (χ1n) is 6.99. The maximum Gasteiger partial charge on any atom is 0.156 e. The van der Waals surface area contributed by atoms with Crippen LogP contribution in [0.4, 0.5) is 15.8 Å². The van der Waals surface area contributed by atoms with Gasteiger partial charge in [0.1, 0.15) is 5.82 Å². The van der Waals surface area contributed by atoms with Gasteiger partial charge in [-0.3, -0.25) is 0 Å². The van der Waals surface area contributed by atoms with Crippen LogP contribution in [-0.2, 0) is 9.47 Å². The minimum absolute atomic E-state index is 0.141. The molecule has 4 nitrogen and oxygen atoms in total. The molecule has 1 saturated heterocycles. The summed E-state index contributed by atoms with van der Waals surface area (Å²) in [4.78, 5) is 2.09. The van der Waals surface area contributed by atoms with Crippen LogP contribution in [0, 0.1) is 11.7 Å². The molecule has 1 aliphatic heterocycles. The van der Waals surface area contributed by atoms with Crippen molar-refractivity contribution in [3.8, 4) is 0 Å². The molecule has 0 bridgehead atoms. The third-order valence-electron chi connectivity index (χ3n) is 3.93. The molecule has 0 spiro atoms. The molecule has 1 heterocycles. The number of methoxy groups -OCH3 is 2. The van der Waals surface area contributed by atoms with Crippen molar-refractivity contribution in [3.05, 3.63) is 24.0 Å². The van der Waals surface area contributed by atoms with Gasteiger partial charge in [0.05, 0.1) is 5.69 Å². The van der Waals surface area contributed by atoms with Gasteiger partial charge in [-0.1, -0.05) is 0 Å². The molecule has 1 unspecified atom stereocenters. The molecular weight excluding hydrogens is 259 g/mol. The van der Waals surface area contributed by atoms with Crippen LogP contribution >= 0.6 is 0 Å². The Bertz CT molecular complexity index is 438. The number of nitrogen functional groups attached to an aromatic ring is 1. The molecule has 5 heteroatoms. The van der Waals surface area contributed by atoms with Crippen LogP contribution in [-0.4, -0.2) is 33.6 Å². The van der Waals surface area contributed by atoms with Crippen molar-refractivity contribution in [3.63, 3.8) is 0 Å². The largest absolute Gasteiger partial charge is 0.399 e. The molecular formula is C15H23FN2O2. The molecule has 20 heavy (non-hydrogen) atoms. The van der Waals surface area contributed by atoms with Crippen LogP contribution in [0.1, 0.15) is 19.3 Å². The number of rotatable bonds is 6. The summed E-state index contributed by atoms with van der Waals surface area (Å²) < 4.78 is 24.3. The lowest BCUT2D eigenvalue weighted by atomic mass is 10.0. The molecule has 0 aliphatic carbocycles. The average Bonchev–Trinajstić information content (AvgIpc) is 2.88. The van der Waals surface area contributed by atoms with E-state index in [0.717, 1.165) is 32.4 Å². The van der Waals surface area contributed by atoms with Crippen LogP contribution in [0.3, 0.4) is 0 Å². The van der Waals surface area contributed by atoms with Crippen LogP contribution in [0.2, 0.25) is 0 Å².